The second-order valence-electron chi connectivity index (χ2n) is 8.30. The van der Waals surface area contributed by atoms with Crippen molar-refractivity contribution in [1.29, 1.82) is 0 Å². The summed E-state index contributed by atoms with van der Waals surface area (Å²) in [4.78, 5) is 24.8. The van der Waals surface area contributed by atoms with Crippen LogP contribution in [0, 0.1) is 0 Å². The molecule has 5 heteroatoms. The fourth-order valence-electron chi connectivity index (χ4n) is 5.03. The van der Waals surface area contributed by atoms with Gasteiger partial charge in [-0.1, -0.05) is 6.92 Å². The van der Waals surface area contributed by atoms with Crippen LogP contribution >= 0.6 is 0 Å². The third kappa shape index (κ3) is 3.50. The van der Waals surface area contributed by atoms with Gasteiger partial charge in [-0.25, -0.2) is 4.79 Å². The molecule has 1 amide bonds. The van der Waals surface area contributed by atoms with Gasteiger partial charge in [0, 0.05) is 17.3 Å². The molecule has 2 aliphatic carbocycles. The highest BCUT2D eigenvalue weighted by molar-refractivity contribution is 6.05. The van der Waals surface area contributed by atoms with Gasteiger partial charge in [0.1, 0.15) is 11.3 Å². The zero-order valence-corrected chi connectivity index (χ0v) is 17.3. The Balaban J connectivity index is 1.62. The van der Waals surface area contributed by atoms with Gasteiger partial charge in [-0.3, -0.25) is 4.79 Å². The Kier molecular flexibility index (Phi) is 5.07. The number of methoxy groups -OCH3 is 2. The third-order valence-electron chi connectivity index (χ3n) is 6.38. The highest BCUT2D eigenvalue weighted by atomic mass is 16.5. The highest BCUT2D eigenvalue weighted by Crippen LogP contribution is 2.46. The van der Waals surface area contributed by atoms with Crippen LogP contribution < -0.4 is 10.1 Å². The van der Waals surface area contributed by atoms with E-state index in [1.807, 2.05) is 0 Å². The summed E-state index contributed by atoms with van der Waals surface area (Å²) in [5.74, 6) is -0.253. The molecule has 0 unspecified atom stereocenters. The Hall–Kier alpha value is -2.82. The molecule has 1 N–H and O–H groups in total. The first-order valence-electron chi connectivity index (χ1n) is 10.2. The van der Waals surface area contributed by atoms with Crippen molar-refractivity contribution < 1.29 is 19.1 Å². The smallest absolute Gasteiger partial charge is 0.341 e. The van der Waals surface area contributed by atoms with Crippen molar-refractivity contribution in [2.75, 3.05) is 19.5 Å². The first-order valence-corrected chi connectivity index (χ1v) is 10.2. The maximum Gasteiger partial charge on any atom is 0.341 e. The SMILES string of the molecule is COC(=O)c1ccc(NC(=O)c2cc3c4c(c2)CCCC4(C)CCC3)cc1OC. The summed E-state index contributed by atoms with van der Waals surface area (Å²) in [6.45, 7) is 2.38. The van der Waals surface area contributed by atoms with Crippen LogP contribution in [0.1, 0.15) is 70.0 Å². The molecule has 0 saturated heterocycles. The van der Waals surface area contributed by atoms with Gasteiger partial charge < -0.3 is 14.8 Å². The Labute approximate surface area is 171 Å². The summed E-state index contributed by atoms with van der Waals surface area (Å²) in [6, 6.07) is 9.06. The van der Waals surface area contributed by atoms with Crippen molar-refractivity contribution in [3.05, 3.63) is 58.1 Å². The van der Waals surface area contributed by atoms with E-state index in [1.54, 1.807) is 18.2 Å². The zero-order valence-electron chi connectivity index (χ0n) is 17.3. The van der Waals surface area contributed by atoms with Gasteiger partial charge in [-0.05, 0) is 84.9 Å². The summed E-state index contributed by atoms with van der Waals surface area (Å²) >= 11 is 0. The number of esters is 1. The standard InChI is InChI=1S/C24H27NO4/c1-24-10-4-6-15-12-17(13-16(21(15)24)7-5-11-24)22(26)25-18-8-9-19(23(27)29-3)20(14-18)28-2/h8-9,12-14H,4-7,10-11H2,1-3H3,(H,25,26). The van der Waals surface area contributed by atoms with Gasteiger partial charge in [-0.2, -0.15) is 0 Å². The summed E-state index contributed by atoms with van der Waals surface area (Å²) in [7, 11) is 2.81. The van der Waals surface area contributed by atoms with Crippen LogP contribution in [-0.4, -0.2) is 26.1 Å². The predicted molar refractivity (Wildman–Crippen MR) is 112 cm³/mol. The fourth-order valence-corrected chi connectivity index (χ4v) is 5.03. The average molecular weight is 393 g/mol. The quantitative estimate of drug-likeness (QED) is 0.767. The van der Waals surface area contributed by atoms with Crippen LogP contribution in [-0.2, 0) is 23.0 Å². The normalized spacial score (nSPS) is 16.5. The third-order valence-corrected chi connectivity index (χ3v) is 6.38. The van der Waals surface area contributed by atoms with Crippen LogP contribution in [0.25, 0.3) is 0 Å². The fraction of sp³-hybridized carbons (Fsp3) is 0.417. The van der Waals surface area contributed by atoms with E-state index in [2.05, 4.69) is 24.4 Å². The maximum absolute atomic E-state index is 13.0. The van der Waals surface area contributed by atoms with E-state index in [-0.39, 0.29) is 11.3 Å². The number of carbonyl (C=O) groups excluding carboxylic acids is 2. The predicted octanol–water partition coefficient (Wildman–Crippen LogP) is 4.66. The number of ether oxygens (including phenoxy) is 2. The van der Waals surface area contributed by atoms with Gasteiger partial charge in [0.2, 0.25) is 0 Å². The van der Waals surface area contributed by atoms with Crippen molar-refractivity contribution in [2.45, 2.75) is 50.9 Å². The Bertz CT molecular complexity index is 948. The number of hydrogen-bond donors (Lipinski definition) is 1. The molecule has 0 spiro atoms. The lowest BCUT2D eigenvalue weighted by Gasteiger charge is -2.41. The van der Waals surface area contributed by atoms with Gasteiger partial charge in [0.15, 0.2) is 0 Å². The number of aryl methyl sites for hydroxylation is 2. The molecule has 2 aromatic rings. The summed E-state index contributed by atoms with van der Waals surface area (Å²) in [5, 5.41) is 2.94. The molecule has 5 nitrogen and oxygen atoms in total. The van der Waals surface area contributed by atoms with E-state index in [9.17, 15) is 9.59 Å². The second-order valence-corrected chi connectivity index (χ2v) is 8.30. The lowest BCUT2D eigenvalue weighted by molar-refractivity contribution is 0.0597. The first kappa shape index (κ1) is 19.5. The molecular weight excluding hydrogens is 366 g/mol. The lowest BCUT2D eigenvalue weighted by Crippen LogP contribution is -2.33. The van der Waals surface area contributed by atoms with E-state index in [0.29, 0.717) is 22.6 Å². The molecule has 0 saturated carbocycles. The summed E-state index contributed by atoms with van der Waals surface area (Å²) in [6.07, 6.45) is 6.93. The van der Waals surface area contributed by atoms with Gasteiger partial charge in [0.05, 0.1) is 14.2 Å². The molecule has 152 valence electrons. The molecule has 0 bridgehead atoms. The van der Waals surface area contributed by atoms with E-state index in [1.165, 1.54) is 56.6 Å². The second kappa shape index (κ2) is 7.54. The van der Waals surface area contributed by atoms with Crippen LogP contribution in [0.5, 0.6) is 5.75 Å². The molecule has 2 aromatic carbocycles. The molecule has 0 aliphatic heterocycles. The van der Waals surface area contributed by atoms with Gasteiger partial charge >= 0.3 is 5.97 Å². The van der Waals surface area contributed by atoms with E-state index in [4.69, 9.17) is 9.47 Å². The first-order chi connectivity index (χ1) is 13.9. The Morgan fingerprint density at radius 3 is 2.24 bits per heavy atom. The molecule has 0 fully saturated rings. The molecule has 0 radical (unpaired) electrons. The largest absolute Gasteiger partial charge is 0.496 e. The monoisotopic (exact) mass is 393 g/mol. The van der Waals surface area contributed by atoms with Crippen LogP contribution in [0.3, 0.4) is 0 Å². The number of carbonyl (C=O) groups is 2. The van der Waals surface area contributed by atoms with E-state index >= 15 is 0 Å². The highest BCUT2D eigenvalue weighted by Gasteiger charge is 2.36. The lowest BCUT2D eigenvalue weighted by atomic mass is 9.63. The van der Waals surface area contributed by atoms with Crippen LogP contribution in [0.2, 0.25) is 0 Å². The van der Waals surface area contributed by atoms with Crippen molar-refractivity contribution >= 4 is 17.6 Å². The number of nitrogens with one attached hydrogen (secondary N) is 1. The molecule has 0 atom stereocenters. The number of hydrogen-bond acceptors (Lipinski definition) is 4. The zero-order chi connectivity index (χ0) is 20.6. The Morgan fingerprint density at radius 2 is 1.66 bits per heavy atom. The van der Waals surface area contributed by atoms with Crippen molar-refractivity contribution in [3.63, 3.8) is 0 Å². The number of amides is 1. The van der Waals surface area contributed by atoms with Gasteiger partial charge in [0.25, 0.3) is 5.91 Å². The molecule has 0 heterocycles. The summed E-state index contributed by atoms with van der Waals surface area (Å²) in [5.41, 5.74) is 6.03. The van der Waals surface area contributed by atoms with Crippen molar-refractivity contribution in [2.24, 2.45) is 0 Å². The van der Waals surface area contributed by atoms with Crippen molar-refractivity contribution in [3.8, 4) is 5.75 Å². The molecule has 2 aliphatic rings. The number of rotatable bonds is 4. The maximum atomic E-state index is 13.0. The topological polar surface area (TPSA) is 64.6 Å². The van der Waals surface area contributed by atoms with Gasteiger partial charge in [-0.15, -0.1) is 0 Å². The minimum atomic E-state index is -0.475. The van der Waals surface area contributed by atoms with Crippen LogP contribution in [0.4, 0.5) is 5.69 Å². The average Bonchev–Trinajstić information content (AvgIpc) is 2.72. The Morgan fingerprint density at radius 1 is 1.00 bits per heavy atom. The molecule has 0 aromatic heterocycles. The molecular formula is C24H27NO4. The van der Waals surface area contributed by atoms with E-state index in [0.717, 1.165) is 12.8 Å². The minimum absolute atomic E-state index is 0.144. The molecule has 4 rings (SSSR count). The number of anilines is 1. The summed E-state index contributed by atoms with van der Waals surface area (Å²) < 4.78 is 10.0. The van der Waals surface area contributed by atoms with Crippen molar-refractivity contribution in [1.82, 2.24) is 0 Å². The molecule has 29 heavy (non-hydrogen) atoms. The van der Waals surface area contributed by atoms with E-state index < -0.39 is 5.97 Å². The van der Waals surface area contributed by atoms with Crippen LogP contribution in [0.15, 0.2) is 30.3 Å². The minimum Gasteiger partial charge on any atom is -0.496 e. The number of benzene rings is 2.